The number of hydrogen-bond acceptors (Lipinski definition) is 4. The molecule has 6 heteroatoms. The number of carbonyl (C=O) groups is 2. The second-order valence-electron chi connectivity index (χ2n) is 8.49. The Balaban J connectivity index is 1.62. The summed E-state index contributed by atoms with van der Waals surface area (Å²) in [7, 11) is 0. The summed E-state index contributed by atoms with van der Waals surface area (Å²) in [6, 6.07) is 24.2. The topological polar surface area (TPSA) is 90.6 Å². The Morgan fingerprint density at radius 2 is 1.79 bits per heavy atom. The molecule has 4 rings (SSSR count). The van der Waals surface area contributed by atoms with Crippen molar-refractivity contribution in [1.82, 2.24) is 0 Å². The predicted molar refractivity (Wildman–Crippen MR) is 129 cm³/mol. The monoisotopic (exact) mass is 454 g/mol. The second-order valence-corrected chi connectivity index (χ2v) is 8.49. The number of ether oxygens (including phenoxy) is 1. The summed E-state index contributed by atoms with van der Waals surface area (Å²) < 4.78 is 6.02. The van der Waals surface area contributed by atoms with Crippen molar-refractivity contribution < 1.29 is 19.4 Å². The molecule has 34 heavy (non-hydrogen) atoms. The van der Waals surface area contributed by atoms with E-state index in [-0.39, 0.29) is 24.3 Å². The molecule has 0 spiro atoms. The van der Waals surface area contributed by atoms with Gasteiger partial charge in [-0.2, -0.15) is 5.26 Å². The van der Waals surface area contributed by atoms with Crippen molar-refractivity contribution in [3.63, 3.8) is 0 Å². The van der Waals surface area contributed by atoms with E-state index in [0.717, 1.165) is 16.8 Å². The molecule has 0 fully saturated rings. The largest absolute Gasteiger partial charge is 0.489 e. The fourth-order valence-electron chi connectivity index (χ4n) is 4.53. The van der Waals surface area contributed by atoms with Crippen molar-refractivity contribution in [2.24, 2.45) is 0 Å². The number of nitrogens with zero attached hydrogens (tertiary/aromatic N) is 2. The Bertz CT molecular complexity index is 1220. The Hall–Kier alpha value is -4.11. The van der Waals surface area contributed by atoms with Crippen molar-refractivity contribution in [3.8, 4) is 11.8 Å². The first-order chi connectivity index (χ1) is 16.5. The van der Waals surface area contributed by atoms with Crippen LogP contribution in [0.3, 0.4) is 0 Å². The maximum Gasteiger partial charge on any atom is 0.303 e. The standard InChI is InChI=1S/C28H26N2O4/c1-19-24(8-5-9-27(31)32)25-16-23(34-18-21-6-3-2-4-7-21)14-15-26(25)30(19)28(33)22-12-10-20(17-29)11-13-22/h2-4,6-7,10-16,19,24H,5,8-9,18H2,1H3,(H,31,32). The molecular formula is C28H26N2O4. The number of aliphatic carboxylic acids is 1. The summed E-state index contributed by atoms with van der Waals surface area (Å²) in [5, 5.41) is 18.1. The summed E-state index contributed by atoms with van der Waals surface area (Å²) >= 11 is 0. The second kappa shape index (κ2) is 10.2. The van der Waals surface area contributed by atoms with Gasteiger partial charge in [0.1, 0.15) is 12.4 Å². The minimum atomic E-state index is -0.823. The molecule has 6 nitrogen and oxygen atoms in total. The van der Waals surface area contributed by atoms with Crippen LogP contribution < -0.4 is 9.64 Å². The Morgan fingerprint density at radius 1 is 1.06 bits per heavy atom. The average Bonchev–Trinajstić information content (AvgIpc) is 3.13. The van der Waals surface area contributed by atoms with E-state index in [1.54, 1.807) is 29.2 Å². The van der Waals surface area contributed by atoms with Gasteiger partial charge in [-0.05, 0) is 73.4 Å². The smallest absolute Gasteiger partial charge is 0.303 e. The number of amides is 1. The highest BCUT2D eigenvalue weighted by molar-refractivity contribution is 6.08. The van der Waals surface area contributed by atoms with Gasteiger partial charge in [-0.3, -0.25) is 9.59 Å². The molecule has 0 saturated carbocycles. The fourth-order valence-corrected chi connectivity index (χ4v) is 4.53. The van der Waals surface area contributed by atoms with Crippen LogP contribution in [0.5, 0.6) is 5.75 Å². The third-order valence-electron chi connectivity index (χ3n) is 6.28. The van der Waals surface area contributed by atoms with Crippen molar-refractivity contribution in [2.45, 2.75) is 44.8 Å². The zero-order chi connectivity index (χ0) is 24.1. The minimum absolute atomic E-state index is 0.00282. The van der Waals surface area contributed by atoms with Crippen LogP contribution in [0.4, 0.5) is 5.69 Å². The summed E-state index contributed by atoms with van der Waals surface area (Å²) in [6.07, 6.45) is 1.27. The van der Waals surface area contributed by atoms with Gasteiger partial charge in [0, 0.05) is 29.6 Å². The number of rotatable bonds is 8. The van der Waals surface area contributed by atoms with Crippen LogP contribution in [0.2, 0.25) is 0 Å². The molecule has 1 amide bonds. The molecule has 0 bridgehead atoms. The molecule has 1 heterocycles. The van der Waals surface area contributed by atoms with Gasteiger partial charge < -0.3 is 14.7 Å². The maximum atomic E-state index is 13.5. The van der Waals surface area contributed by atoms with E-state index in [4.69, 9.17) is 15.1 Å². The van der Waals surface area contributed by atoms with Crippen molar-refractivity contribution in [3.05, 3.63) is 95.1 Å². The molecular weight excluding hydrogens is 428 g/mol. The van der Waals surface area contributed by atoms with Crippen LogP contribution in [0.15, 0.2) is 72.8 Å². The molecule has 0 saturated heterocycles. The summed E-state index contributed by atoms with van der Waals surface area (Å²) in [5.41, 5.74) is 3.87. The molecule has 2 atom stereocenters. The van der Waals surface area contributed by atoms with Crippen LogP contribution in [-0.4, -0.2) is 23.0 Å². The quantitative estimate of drug-likeness (QED) is 0.484. The van der Waals surface area contributed by atoms with Gasteiger partial charge in [0.05, 0.1) is 11.6 Å². The Morgan fingerprint density at radius 3 is 2.47 bits per heavy atom. The van der Waals surface area contributed by atoms with E-state index in [2.05, 4.69) is 6.07 Å². The SMILES string of the molecule is CC1C(CCCC(=O)O)c2cc(OCc3ccccc3)ccc2N1C(=O)c1ccc(C#N)cc1. The van der Waals surface area contributed by atoms with Crippen molar-refractivity contribution >= 4 is 17.6 Å². The van der Waals surface area contributed by atoms with Crippen LogP contribution in [0.1, 0.15) is 59.2 Å². The molecule has 3 aromatic rings. The van der Waals surface area contributed by atoms with Gasteiger partial charge in [-0.15, -0.1) is 0 Å². The zero-order valence-electron chi connectivity index (χ0n) is 19.0. The normalized spacial score (nSPS) is 16.5. The molecule has 0 aromatic heterocycles. The lowest BCUT2D eigenvalue weighted by atomic mass is 9.90. The number of fused-ring (bicyclic) bond motifs is 1. The van der Waals surface area contributed by atoms with Gasteiger partial charge in [0.25, 0.3) is 5.91 Å². The predicted octanol–water partition coefficient (Wildman–Crippen LogP) is 5.52. The average molecular weight is 455 g/mol. The lowest BCUT2D eigenvalue weighted by Gasteiger charge is -2.25. The molecule has 3 aromatic carbocycles. The summed E-state index contributed by atoms with van der Waals surface area (Å²) in [6.45, 7) is 2.43. The lowest BCUT2D eigenvalue weighted by Crippen LogP contribution is -2.37. The number of hydrogen-bond donors (Lipinski definition) is 1. The third kappa shape index (κ3) is 4.94. The maximum absolute atomic E-state index is 13.5. The van der Waals surface area contributed by atoms with E-state index in [9.17, 15) is 9.59 Å². The van der Waals surface area contributed by atoms with Crippen LogP contribution in [0, 0.1) is 11.3 Å². The molecule has 0 radical (unpaired) electrons. The van der Waals surface area contributed by atoms with Gasteiger partial charge in [0.2, 0.25) is 0 Å². The van der Waals surface area contributed by atoms with Crippen molar-refractivity contribution in [2.75, 3.05) is 4.90 Å². The molecule has 172 valence electrons. The highest BCUT2D eigenvalue weighted by Crippen LogP contribution is 2.45. The number of carbonyl (C=O) groups excluding carboxylic acids is 1. The van der Waals surface area contributed by atoms with Crippen LogP contribution in [-0.2, 0) is 11.4 Å². The molecule has 0 aliphatic carbocycles. The number of anilines is 1. The van der Waals surface area contributed by atoms with Gasteiger partial charge in [-0.25, -0.2) is 0 Å². The number of benzene rings is 3. The van der Waals surface area contributed by atoms with E-state index < -0.39 is 5.97 Å². The summed E-state index contributed by atoms with van der Waals surface area (Å²) in [4.78, 5) is 26.3. The highest BCUT2D eigenvalue weighted by atomic mass is 16.5. The molecule has 2 unspecified atom stereocenters. The van der Waals surface area contributed by atoms with E-state index in [1.807, 2.05) is 55.5 Å². The number of carboxylic acids is 1. The van der Waals surface area contributed by atoms with E-state index in [0.29, 0.717) is 36.3 Å². The van der Waals surface area contributed by atoms with Gasteiger partial charge in [0.15, 0.2) is 0 Å². The Labute approximate surface area is 199 Å². The van der Waals surface area contributed by atoms with E-state index >= 15 is 0 Å². The third-order valence-corrected chi connectivity index (χ3v) is 6.28. The summed E-state index contributed by atoms with van der Waals surface area (Å²) in [5.74, 6) is -0.254. The molecule has 1 aliphatic heterocycles. The van der Waals surface area contributed by atoms with Gasteiger partial charge >= 0.3 is 5.97 Å². The first-order valence-electron chi connectivity index (χ1n) is 11.3. The first kappa shape index (κ1) is 23.1. The van der Waals surface area contributed by atoms with Crippen LogP contribution >= 0.6 is 0 Å². The molecule has 1 aliphatic rings. The van der Waals surface area contributed by atoms with Gasteiger partial charge in [-0.1, -0.05) is 30.3 Å². The number of nitriles is 1. The Kier molecular flexibility index (Phi) is 6.93. The number of carboxylic acid groups (broad SMARTS) is 1. The minimum Gasteiger partial charge on any atom is -0.489 e. The molecule has 1 N–H and O–H groups in total. The highest BCUT2D eigenvalue weighted by Gasteiger charge is 2.39. The lowest BCUT2D eigenvalue weighted by molar-refractivity contribution is -0.137. The van der Waals surface area contributed by atoms with Crippen molar-refractivity contribution in [1.29, 1.82) is 5.26 Å². The fraction of sp³-hybridized carbons (Fsp3) is 0.250. The van der Waals surface area contributed by atoms with Crippen LogP contribution in [0.25, 0.3) is 0 Å². The zero-order valence-corrected chi connectivity index (χ0v) is 19.0. The first-order valence-corrected chi connectivity index (χ1v) is 11.3. The van der Waals surface area contributed by atoms with E-state index in [1.165, 1.54) is 0 Å².